The molecule has 0 aliphatic heterocycles. The van der Waals surface area contributed by atoms with Crippen LogP contribution in [-0.2, 0) is 12.0 Å². The first-order chi connectivity index (χ1) is 12.3. The van der Waals surface area contributed by atoms with Gasteiger partial charge in [-0.2, -0.15) is 0 Å². The van der Waals surface area contributed by atoms with Crippen molar-refractivity contribution >= 4 is 29.9 Å². The molecule has 1 aromatic carbocycles. The van der Waals surface area contributed by atoms with Crippen molar-refractivity contribution in [2.24, 2.45) is 4.99 Å². The van der Waals surface area contributed by atoms with Crippen molar-refractivity contribution in [1.29, 1.82) is 0 Å². The van der Waals surface area contributed by atoms with Crippen LogP contribution in [0.3, 0.4) is 0 Å². The SMILES string of the molecule is CN=C(NCc1ccco1)NCC1(c2ccccc2OC)CCCC1.I. The first kappa shape index (κ1) is 20.6. The molecule has 142 valence electrons. The number of benzene rings is 1. The topological polar surface area (TPSA) is 58.8 Å². The summed E-state index contributed by atoms with van der Waals surface area (Å²) in [6.45, 7) is 1.46. The maximum Gasteiger partial charge on any atom is 0.191 e. The third-order valence-corrected chi connectivity index (χ3v) is 5.07. The van der Waals surface area contributed by atoms with E-state index in [4.69, 9.17) is 9.15 Å². The summed E-state index contributed by atoms with van der Waals surface area (Å²) in [5.74, 6) is 2.66. The van der Waals surface area contributed by atoms with E-state index in [-0.39, 0.29) is 29.4 Å². The zero-order chi connectivity index (χ0) is 17.5. The zero-order valence-electron chi connectivity index (χ0n) is 15.5. The number of aliphatic imine (C=N–C) groups is 1. The van der Waals surface area contributed by atoms with Crippen molar-refractivity contribution < 1.29 is 9.15 Å². The number of guanidine groups is 1. The van der Waals surface area contributed by atoms with Gasteiger partial charge in [-0.1, -0.05) is 31.0 Å². The minimum Gasteiger partial charge on any atom is -0.496 e. The lowest BCUT2D eigenvalue weighted by molar-refractivity contribution is 0.371. The van der Waals surface area contributed by atoms with E-state index in [2.05, 4.69) is 33.8 Å². The quantitative estimate of drug-likeness (QED) is 0.380. The van der Waals surface area contributed by atoms with Crippen LogP contribution in [0.25, 0.3) is 0 Å². The van der Waals surface area contributed by atoms with Crippen molar-refractivity contribution in [3.63, 3.8) is 0 Å². The van der Waals surface area contributed by atoms with Crippen molar-refractivity contribution in [2.45, 2.75) is 37.6 Å². The third-order valence-electron chi connectivity index (χ3n) is 5.07. The van der Waals surface area contributed by atoms with Crippen LogP contribution >= 0.6 is 24.0 Å². The smallest absolute Gasteiger partial charge is 0.191 e. The maximum atomic E-state index is 5.63. The van der Waals surface area contributed by atoms with Gasteiger partial charge in [0.05, 0.1) is 19.9 Å². The van der Waals surface area contributed by atoms with Crippen molar-refractivity contribution in [3.05, 3.63) is 54.0 Å². The molecule has 1 heterocycles. The highest BCUT2D eigenvalue weighted by molar-refractivity contribution is 14.0. The minimum atomic E-state index is 0. The number of hydrogen-bond donors (Lipinski definition) is 2. The van der Waals surface area contributed by atoms with Gasteiger partial charge in [0.15, 0.2) is 5.96 Å². The molecule has 1 aliphatic rings. The van der Waals surface area contributed by atoms with Gasteiger partial charge in [-0.3, -0.25) is 4.99 Å². The van der Waals surface area contributed by atoms with Gasteiger partial charge in [-0.15, -0.1) is 24.0 Å². The summed E-state index contributed by atoms with van der Waals surface area (Å²) >= 11 is 0. The van der Waals surface area contributed by atoms with Gasteiger partial charge in [0.25, 0.3) is 0 Å². The second-order valence-corrected chi connectivity index (χ2v) is 6.55. The van der Waals surface area contributed by atoms with Gasteiger partial charge in [0.2, 0.25) is 0 Å². The van der Waals surface area contributed by atoms with Crippen LogP contribution in [0.2, 0.25) is 0 Å². The molecule has 0 atom stereocenters. The fourth-order valence-electron chi connectivity index (χ4n) is 3.73. The lowest BCUT2D eigenvalue weighted by Crippen LogP contribution is -2.44. The number of nitrogens with zero attached hydrogens (tertiary/aromatic N) is 1. The number of furan rings is 1. The molecule has 0 radical (unpaired) electrons. The van der Waals surface area contributed by atoms with Crippen LogP contribution in [0.15, 0.2) is 52.1 Å². The molecule has 0 spiro atoms. The summed E-state index contributed by atoms with van der Waals surface area (Å²) in [4.78, 5) is 4.34. The number of rotatable bonds is 6. The fraction of sp³-hybridized carbons (Fsp3) is 0.450. The Bertz CT molecular complexity index is 695. The molecule has 1 aliphatic carbocycles. The van der Waals surface area contributed by atoms with E-state index in [0.717, 1.165) is 36.9 Å². The van der Waals surface area contributed by atoms with Gasteiger partial charge in [0.1, 0.15) is 11.5 Å². The molecule has 2 aromatic rings. The normalized spacial score (nSPS) is 16.0. The highest BCUT2D eigenvalue weighted by Gasteiger charge is 2.37. The predicted molar refractivity (Wildman–Crippen MR) is 115 cm³/mol. The van der Waals surface area contributed by atoms with Gasteiger partial charge < -0.3 is 19.8 Å². The van der Waals surface area contributed by atoms with E-state index in [1.54, 1.807) is 20.4 Å². The second kappa shape index (κ2) is 9.85. The lowest BCUT2D eigenvalue weighted by atomic mass is 9.78. The minimum absolute atomic E-state index is 0. The summed E-state index contributed by atoms with van der Waals surface area (Å²) in [6, 6.07) is 12.2. The Balaban J connectivity index is 0.00000243. The summed E-state index contributed by atoms with van der Waals surface area (Å²) in [5.41, 5.74) is 1.39. The highest BCUT2D eigenvalue weighted by atomic mass is 127. The molecule has 1 fully saturated rings. The summed E-state index contributed by atoms with van der Waals surface area (Å²) in [7, 11) is 3.54. The molecule has 1 saturated carbocycles. The zero-order valence-corrected chi connectivity index (χ0v) is 17.8. The molecule has 1 aromatic heterocycles. The van der Waals surface area contributed by atoms with E-state index in [0.29, 0.717) is 6.54 Å². The molecule has 0 saturated heterocycles. The molecule has 0 bridgehead atoms. The summed E-state index contributed by atoms with van der Waals surface area (Å²) in [5, 5.41) is 6.81. The predicted octanol–water partition coefficient (Wildman–Crippen LogP) is 4.08. The van der Waals surface area contributed by atoms with Gasteiger partial charge in [0, 0.05) is 24.6 Å². The van der Waals surface area contributed by atoms with E-state index < -0.39 is 0 Å². The largest absolute Gasteiger partial charge is 0.496 e. The molecule has 0 unspecified atom stereocenters. The Hall–Kier alpha value is -1.70. The highest BCUT2D eigenvalue weighted by Crippen LogP contribution is 2.44. The maximum absolute atomic E-state index is 5.63. The van der Waals surface area contributed by atoms with Crippen LogP contribution in [0.5, 0.6) is 5.75 Å². The van der Waals surface area contributed by atoms with Crippen molar-refractivity contribution in [1.82, 2.24) is 10.6 Å². The first-order valence-corrected chi connectivity index (χ1v) is 8.88. The van der Waals surface area contributed by atoms with Gasteiger partial charge in [-0.05, 0) is 31.0 Å². The van der Waals surface area contributed by atoms with Crippen molar-refractivity contribution in [3.8, 4) is 5.75 Å². The van der Waals surface area contributed by atoms with E-state index >= 15 is 0 Å². The fourth-order valence-corrected chi connectivity index (χ4v) is 3.73. The standard InChI is InChI=1S/C20H27N3O2.HI/c1-21-19(22-14-16-8-7-13-25-16)23-15-20(11-5-6-12-20)17-9-3-4-10-18(17)24-2;/h3-4,7-10,13H,5-6,11-12,14-15H2,1-2H3,(H2,21,22,23);1H. The second-order valence-electron chi connectivity index (χ2n) is 6.55. The molecule has 0 amide bonds. The van der Waals surface area contributed by atoms with Gasteiger partial charge in [-0.25, -0.2) is 0 Å². The number of hydrogen-bond acceptors (Lipinski definition) is 3. The summed E-state index contributed by atoms with van der Waals surface area (Å²) in [6.07, 6.45) is 6.50. The molecule has 3 rings (SSSR count). The van der Waals surface area contributed by atoms with Crippen LogP contribution in [0, 0.1) is 0 Å². The Morgan fingerprint density at radius 3 is 2.58 bits per heavy atom. The van der Waals surface area contributed by atoms with E-state index in [1.807, 2.05) is 18.2 Å². The van der Waals surface area contributed by atoms with Crippen LogP contribution in [0.4, 0.5) is 0 Å². The molecular formula is C20H28IN3O2. The van der Waals surface area contributed by atoms with E-state index in [9.17, 15) is 0 Å². The van der Waals surface area contributed by atoms with Gasteiger partial charge >= 0.3 is 0 Å². The summed E-state index contributed by atoms with van der Waals surface area (Å²) < 4.78 is 11.0. The van der Waals surface area contributed by atoms with Crippen molar-refractivity contribution in [2.75, 3.05) is 20.7 Å². The monoisotopic (exact) mass is 469 g/mol. The van der Waals surface area contributed by atoms with E-state index in [1.165, 1.54) is 18.4 Å². The number of methoxy groups -OCH3 is 1. The number of halogens is 1. The lowest BCUT2D eigenvalue weighted by Gasteiger charge is -2.32. The number of ether oxygens (including phenoxy) is 1. The van der Waals surface area contributed by atoms with Crippen LogP contribution in [0.1, 0.15) is 37.0 Å². The molecule has 26 heavy (non-hydrogen) atoms. The molecule has 2 N–H and O–H groups in total. The Labute approximate surface area is 172 Å². The molecule has 6 heteroatoms. The average Bonchev–Trinajstić information content (AvgIpc) is 3.34. The number of para-hydroxylation sites is 1. The molecular weight excluding hydrogens is 441 g/mol. The number of nitrogens with one attached hydrogen (secondary N) is 2. The Morgan fingerprint density at radius 1 is 1.15 bits per heavy atom. The molecule has 5 nitrogen and oxygen atoms in total. The Kier molecular flexibility index (Phi) is 7.81. The van der Waals surface area contributed by atoms with Crippen LogP contribution in [-0.4, -0.2) is 26.7 Å². The van der Waals surface area contributed by atoms with Crippen LogP contribution < -0.4 is 15.4 Å². The average molecular weight is 469 g/mol. The Morgan fingerprint density at radius 2 is 1.92 bits per heavy atom. The third kappa shape index (κ3) is 4.72. The first-order valence-electron chi connectivity index (χ1n) is 8.88.